The highest BCUT2D eigenvalue weighted by Crippen LogP contribution is 2.22. The zero-order valence-electron chi connectivity index (χ0n) is 14.7. The number of nitrogens with zero attached hydrogens (tertiary/aromatic N) is 1. The van der Waals surface area contributed by atoms with Crippen molar-refractivity contribution in [2.24, 2.45) is 0 Å². The number of benzene rings is 3. The van der Waals surface area contributed by atoms with E-state index < -0.39 is 17.4 Å². The second-order valence-corrected chi connectivity index (χ2v) is 6.47. The van der Waals surface area contributed by atoms with Gasteiger partial charge in [-0.05, 0) is 42.9 Å². The van der Waals surface area contributed by atoms with E-state index >= 15 is 0 Å². The Morgan fingerprint density at radius 2 is 1.42 bits per heavy atom. The van der Waals surface area contributed by atoms with Gasteiger partial charge in [-0.3, -0.25) is 4.79 Å². The Labute approximate surface area is 151 Å². The third-order valence-electron chi connectivity index (χ3n) is 4.11. The van der Waals surface area contributed by atoms with E-state index in [0.717, 1.165) is 29.8 Å². The lowest BCUT2D eigenvalue weighted by Gasteiger charge is -2.10. The lowest BCUT2D eigenvalue weighted by molar-refractivity contribution is 0.103. The Kier molecular flexibility index (Phi) is 5.24. The van der Waals surface area contributed by atoms with Gasteiger partial charge < -0.3 is 4.90 Å². The van der Waals surface area contributed by atoms with Crippen LogP contribution in [-0.4, -0.2) is 24.8 Å². The fourth-order valence-corrected chi connectivity index (χ4v) is 2.81. The summed E-state index contributed by atoms with van der Waals surface area (Å²) in [6.45, 7) is 0.872. The summed E-state index contributed by atoms with van der Waals surface area (Å²) < 4.78 is 26.8. The predicted molar refractivity (Wildman–Crippen MR) is 99.1 cm³/mol. The number of halogens is 2. The molecule has 0 heterocycles. The van der Waals surface area contributed by atoms with Crippen molar-refractivity contribution in [2.45, 2.75) is 6.54 Å². The van der Waals surface area contributed by atoms with Crippen LogP contribution in [0.2, 0.25) is 0 Å². The van der Waals surface area contributed by atoms with Gasteiger partial charge in [0.15, 0.2) is 5.78 Å². The van der Waals surface area contributed by atoms with Crippen molar-refractivity contribution in [3.63, 3.8) is 0 Å². The topological polar surface area (TPSA) is 20.3 Å². The molecule has 0 aliphatic heterocycles. The second-order valence-electron chi connectivity index (χ2n) is 6.47. The van der Waals surface area contributed by atoms with Crippen molar-refractivity contribution < 1.29 is 13.6 Å². The van der Waals surface area contributed by atoms with Gasteiger partial charge >= 0.3 is 0 Å². The molecule has 0 unspecified atom stereocenters. The first-order valence-corrected chi connectivity index (χ1v) is 8.28. The number of carbonyl (C=O) groups excluding carboxylic acids is 1. The number of carbonyl (C=O) groups is 1. The van der Waals surface area contributed by atoms with Crippen molar-refractivity contribution in [2.75, 3.05) is 14.1 Å². The monoisotopic (exact) mass is 351 g/mol. The highest BCUT2D eigenvalue weighted by Gasteiger charge is 2.14. The molecule has 3 aromatic rings. The highest BCUT2D eigenvalue weighted by atomic mass is 19.1. The molecule has 4 heteroatoms. The normalized spacial score (nSPS) is 11.0. The quantitative estimate of drug-likeness (QED) is 0.608. The van der Waals surface area contributed by atoms with Gasteiger partial charge in [-0.25, -0.2) is 8.78 Å². The summed E-state index contributed by atoms with van der Waals surface area (Å²) in [5, 5.41) is 0. The van der Waals surface area contributed by atoms with Crippen LogP contribution >= 0.6 is 0 Å². The molecule has 0 atom stereocenters. The standard InChI is InChI=1S/C22H19F2NO/c1-25(2)14-15-3-5-16(6-4-15)17-7-9-18(10-8-17)22(26)20-12-11-19(23)13-21(20)24/h3-13H,14H2,1-2H3. The number of hydrogen-bond acceptors (Lipinski definition) is 2. The fourth-order valence-electron chi connectivity index (χ4n) is 2.81. The lowest BCUT2D eigenvalue weighted by atomic mass is 9.98. The highest BCUT2D eigenvalue weighted by molar-refractivity contribution is 6.09. The molecule has 26 heavy (non-hydrogen) atoms. The van der Waals surface area contributed by atoms with Crippen LogP contribution < -0.4 is 0 Å². The van der Waals surface area contributed by atoms with Crippen molar-refractivity contribution in [1.82, 2.24) is 4.90 Å². The first-order chi connectivity index (χ1) is 12.4. The van der Waals surface area contributed by atoms with E-state index in [9.17, 15) is 13.6 Å². The maximum Gasteiger partial charge on any atom is 0.195 e. The first-order valence-electron chi connectivity index (χ1n) is 8.28. The lowest BCUT2D eigenvalue weighted by Crippen LogP contribution is -2.10. The van der Waals surface area contributed by atoms with Gasteiger partial charge in [-0.15, -0.1) is 0 Å². The van der Waals surface area contributed by atoms with E-state index in [0.29, 0.717) is 5.56 Å². The summed E-state index contributed by atoms with van der Waals surface area (Å²) in [4.78, 5) is 14.5. The Hall–Kier alpha value is -2.85. The molecule has 0 fully saturated rings. The Morgan fingerprint density at radius 3 is 1.96 bits per heavy atom. The minimum absolute atomic E-state index is 0.132. The molecule has 0 radical (unpaired) electrons. The number of ketones is 1. The Bertz CT molecular complexity index is 916. The molecule has 0 aliphatic carbocycles. The molecule has 0 bridgehead atoms. The van der Waals surface area contributed by atoms with E-state index in [1.54, 1.807) is 12.1 Å². The minimum atomic E-state index is -0.851. The van der Waals surface area contributed by atoms with Crippen LogP contribution in [0.1, 0.15) is 21.5 Å². The summed E-state index contributed by atoms with van der Waals surface area (Å²) in [5.41, 5.74) is 3.46. The van der Waals surface area contributed by atoms with Gasteiger partial charge in [-0.2, -0.15) is 0 Å². The van der Waals surface area contributed by atoms with Crippen LogP contribution in [0.25, 0.3) is 11.1 Å². The maximum absolute atomic E-state index is 13.8. The summed E-state index contributed by atoms with van der Waals surface area (Å²) in [6.07, 6.45) is 0. The molecule has 0 spiro atoms. The number of hydrogen-bond donors (Lipinski definition) is 0. The Balaban J connectivity index is 1.80. The average Bonchev–Trinajstić information content (AvgIpc) is 2.61. The molecule has 2 nitrogen and oxygen atoms in total. The summed E-state index contributed by atoms with van der Waals surface area (Å²) in [6, 6.07) is 18.2. The van der Waals surface area contributed by atoms with Crippen molar-refractivity contribution >= 4 is 5.78 Å². The molecule has 132 valence electrons. The summed E-state index contributed by atoms with van der Waals surface area (Å²) >= 11 is 0. The van der Waals surface area contributed by atoms with Crippen LogP contribution in [-0.2, 0) is 6.54 Å². The minimum Gasteiger partial charge on any atom is -0.305 e. The van der Waals surface area contributed by atoms with Crippen LogP contribution in [0.3, 0.4) is 0 Å². The number of rotatable bonds is 5. The van der Waals surface area contributed by atoms with Crippen molar-refractivity contribution in [1.29, 1.82) is 0 Å². The van der Waals surface area contributed by atoms with Crippen LogP contribution in [0.5, 0.6) is 0 Å². The summed E-state index contributed by atoms with van der Waals surface area (Å²) in [5.74, 6) is -2.02. The Morgan fingerprint density at radius 1 is 0.846 bits per heavy atom. The zero-order valence-corrected chi connectivity index (χ0v) is 14.7. The van der Waals surface area contributed by atoms with E-state index in [1.807, 2.05) is 38.4 Å². The van der Waals surface area contributed by atoms with Gasteiger partial charge in [0.2, 0.25) is 0 Å². The molecule has 3 aromatic carbocycles. The third-order valence-corrected chi connectivity index (χ3v) is 4.11. The molecule has 0 N–H and O–H groups in total. The van der Waals surface area contributed by atoms with Gasteiger partial charge in [0.1, 0.15) is 11.6 Å². The second kappa shape index (κ2) is 7.58. The maximum atomic E-state index is 13.8. The van der Waals surface area contributed by atoms with Crippen LogP contribution in [0, 0.1) is 11.6 Å². The molecular weight excluding hydrogens is 332 g/mol. The predicted octanol–water partition coefficient (Wildman–Crippen LogP) is 4.92. The molecule has 0 aromatic heterocycles. The average molecular weight is 351 g/mol. The first kappa shape index (κ1) is 18.0. The van der Waals surface area contributed by atoms with E-state index in [2.05, 4.69) is 17.0 Å². The molecule has 0 amide bonds. The summed E-state index contributed by atoms with van der Waals surface area (Å²) in [7, 11) is 4.04. The smallest absolute Gasteiger partial charge is 0.195 e. The SMILES string of the molecule is CN(C)Cc1ccc(-c2ccc(C(=O)c3ccc(F)cc3F)cc2)cc1. The van der Waals surface area contributed by atoms with Gasteiger partial charge in [-0.1, -0.05) is 48.5 Å². The molecule has 0 aliphatic rings. The van der Waals surface area contributed by atoms with Crippen LogP contribution in [0.15, 0.2) is 66.7 Å². The van der Waals surface area contributed by atoms with Crippen LogP contribution in [0.4, 0.5) is 8.78 Å². The van der Waals surface area contributed by atoms with Crippen molar-refractivity contribution in [3.8, 4) is 11.1 Å². The van der Waals surface area contributed by atoms with E-state index in [1.165, 1.54) is 11.6 Å². The van der Waals surface area contributed by atoms with Crippen molar-refractivity contribution in [3.05, 3.63) is 95.1 Å². The van der Waals surface area contributed by atoms with Gasteiger partial charge in [0.25, 0.3) is 0 Å². The third kappa shape index (κ3) is 4.03. The zero-order chi connectivity index (χ0) is 18.7. The molecule has 0 saturated heterocycles. The molecule has 0 saturated carbocycles. The molecular formula is C22H19F2NO. The van der Waals surface area contributed by atoms with E-state index in [4.69, 9.17) is 0 Å². The van der Waals surface area contributed by atoms with E-state index in [-0.39, 0.29) is 5.56 Å². The fraction of sp³-hybridized carbons (Fsp3) is 0.136. The van der Waals surface area contributed by atoms with Gasteiger partial charge in [0.05, 0.1) is 5.56 Å². The molecule has 3 rings (SSSR count). The van der Waals surface area contributed by atoms with Gasteiger partial charge in [0, 0.05) is 18.2 Å². The largest absolute Gasteiger partial charge is 0.305 e.